The van der Waals surface area contributed by atoms with Gasteiger partial charge in [0.25, 0.3) is 0 Å². The van der Waals surface area contributed by atoms with Gasteiger partial charge in [0.1, 0.15) is 11.6 Å². The maximum atomic E-state index is 14.1. The number of Topliss-reactive ketones (excluding diaryl/α,β-unsaturated/α-hetero) is 2. The number of piperidine rings is 1. The lowest BCUT2D eigenvalue weighted by Gasteiger charge is -2.44. The van der Waals surface area contributed by atoms with E-state index in [1.54, 1.807) is 12.1 Å². The van der Waals surface area contributed by atoms with E-state index in [9.17, 15) is 18.4 Å². The highest BCUT2D eigenvalue weighted by atomic mass is 19.1. The lowest BCUT2D eigenvalue weighted by atomic mass is 9.67. The number of carbonyl (C=O) groups excluding carboxylic acids is 2. The van der Waals surface area contributed by atoms with E-state index in [1.807, 2.05) is 46.1 Å². The minimum Gasteiger partial charge on any atom is -0.308 e. The van der Waals surface area contributed by atoms with Gasteiger partial charge in [-0.1, -0.05) is 42.5 Å². The topological polar surface area (TPSA) is 40.6 Å². The Morgan fingerprint density at radius 1 is 0.838 bits per heavy atom. The number of ketones is 2. The number of aryl methyl sites for hydroxylation is 1. The summed E-state index contributed by atoms with van der Waals surface area (Å²) < 4.78 is 28.2. The minimum absolute atomic E-state index is 0.183. The van der Waals surface area contributed by atoms with Crippen molar-refractivity contribution in [1.82, 2.24) is 9.80 Å². The summed E-state index contributed by atoms with van der Waals surface area (Å²) in [5, 5.41) is 0. The zero-order valence-electron chi connectivity index (χ0n) is 21.9. The van der Waals surface area contributed by atoms with Crippen LogP contribution in [0.5, 0.6) is 0 Å². The van der Waals surface area contributed by atoms with Crippen molar-refractivity contribution in [3.63, 3.8) is 0 Å². The lowest BCUT2D eigenvalue weighted by Crippen LogP contribution is -2.51. The Kier molecular flexibility index (Phi) is 8.30. The number of benzene rings is 3. The molecule has 194 valence electrons. The molecule has 6 heteroatoms. The Labute approximate surface area is 217 Å². The molecule has 3 aromatic rings. The van der Waals surface area contributed by atoms with Crippen molar-refractivity contribution in [3.8, 4) is 0 Å². The fraction of sp³-hybridized carbons (Fsp3) is 0.355. The molecule has 4 rings (SSSR count). The van der Waals surface area contributed by atoms with E-state index in [0.717, 1.165) is 23.2 Å². The summed E-state index contributed by atoms with van der Waals surface area (Å²) in [4.78, 5) is 32.2. The van der Waals surface area contributed by atoms with Gasteiger partial charge in [-0.2, -0.15) is 0 Å². The van der Waals surface area contributed by atoms with Gasteiger partial charge in [0.2, 0.25) is 0 Å². The van der Waals surface area contributed by atoms with E-state index < -0.39 is 29.4 Å². The van der Waals surface area contributed by atoms with E-state index >= 15 is 0 Å². The Morgan fingerprint density at radius 3 is 1.84 bits per heavy atom. The van der Waals surface area contributed by atoms with Crippen LogP contribution in [0.15, 0.2) is 66.7 Å². The molecular weight excluding hydrogens is 470 g/mol. The fourth-order valence-corrected chi connectivity index (χ4v) is 5.43. The van der Waals surface area contributed by atoms with Gasteiger partial charge < -0.3 is 9.80 Å². The molecule has 0 radical (unpaired) electrons. The largest absolute Gasteiger partial charge is 0.308 e. The molecule has 0 aliphatic carbocycles. The Bertz CT molecular complexity index is 1220. The average molecular weight is 505 g/mol. The molecular formula is C31H34F2N2O2. The van der Waals surface area contributed by atoms with Crippen LogP contribution in [0.25, 0.3) is 0 Å². The van der Waals surface area contributed by atoms with E-state index in [2.05, 4.69) is 9.80 Å². The van der Waals surface area contributed by atoms with Crippen LogP contribution in [0.3, 0.4) is 0 Å². The predicted molar refractivity (Wildman–Crippen MR) is 142 cm³/mol. The molecule has 2 atom stereocenters. The van der Waals surface area contributed by atoms with Crippen molar-refractivity contribution in [3.05, 3.63) is 106 Å². The highest BCUT2D eigenvalue weighted by Crippen LogP contribution is 2.42. The van der Waals surface area contributed by atoms with Crippen LogP contribution in [-0.4, -0.2) is 61.6 Å². The first-order valence-corrected chi connectivity index (χ1v) is 12.7. The molecule has 1 aliphatic heterocycles. The summed E-state index contributed by atoms with van der Waals surface area (Å²) in [5.41, 5.74) is 3.64. The molecule has 1 saturated heterocycles. The molecule has 2 unspecified atom stereocenters. The van der Waals surface area contributed by atoms with Gasteiger partial charge in [-0.3, -0.25) is 9.59 Å². The smallest absolute Gasteiger partial charge is 0.167 e. The Balaban J connectivity index is 1.85. The zero-order chi connectivity index (χ0) is 26.7. The highest BCUT2D eigenvalue weighted by Gasteiger charge is 2.45. The molecule has 1 fully saturated rings. The maximum Gasteiger partial charge on any atom is 0.167 e. The monoisotopic (exact) mass is 504 g/mol. The summed E-state index contributed by atoms with van der Waals surface area (Å²) in [7, 11) is 3.96. The number of likely N-dealkylation sites (N-methyl/N-ethyl adjacent to an activating group) is 1. The van der Waals surface area contributed by atoms with Gasteiger partial charge >= 0.3 is 0 Å². The van der Waals surface area contributed by atoms with Crippen LogP contribution in [0.2, 0.25) is 0 Å². The standard InChI is InChI=1S/C31H34F2N2O2/c1-20-8-5-13-26(21(20)2)29-27(30(36)22-9-6-11-24(32)16-22)18-35(15-14-34(3)4)19-28(29)31(37)23-10-7-12-25(33)17-23/h5-13,16-17,27-29H,14-15,18-19H2,1-4H3. The molecule has 0 spiro atoms. The second-order valence-electron chi connectivity index (χ2n) is 10.3. The maximum absolute atomic E-state index is 14.1. The Morgan fingerprint density at radius 2 is 1.35 bits per heavy atom. The third-order valence-electron chi connectivity index (χ3n) is 7.54. The van der Waals surface area contributed by atoms with Crippen LogP contribution < -0.4 is 0 Å². The molecule has 37 heavy (non-hydrogen) atoms. The van der Waals surface area contributed by atoms with Crippen molar-refractivity contribution in [2.75, 3.05) is 40.3 Å². The van der Waals surface area contributed by atoms with E-state index in [4.69, 9.17) is 0 Å². The van der Waals surface area contributed by atoms with Crippen LogP contribution in [0.1, 0.15) is 43.3 Å². The number of hydrogen-bond acceptors (Lipinski definition) is 4. The zero-order valence-corrected chi connectivity index (χ0v) is 21.9. The number of hydrogen-bond donors (Lipinski definition) is 0. The van der Waals surface area contributed by atoms with Gasteiger partial charge in [-0.05, 0) is 68.9 Å². The van der Waals surface area contributed by atoms with Crippen molar-refractivity contribution in [2.45, 2.75) is 19.8 Å². The van der Waals surface area contributed by atoms with Crippen molar-refractivity contribution in [2.24, 2.45) is 11.8 Å². The average Bonchev–Trinajstić information content (AvgIpc) is 2.88. The minimum atomic E-state index is -0.569. The van der Waals surface area contributed by atoms with Crippen molar-refractivity contribution >= 4 is 11.6 Å². The third kappa shape index (κ3) is 6.03. The summed E-state index contributed by atoms with van der Waals surface area (Å²) in [6, 6.07) is 17.5. The first-order chi connectivity index (χ1) is 17.7. The molecule has 4 nitrogen and oxygen atoms in total. The van der Waals surface area contributed by atoms with Crippen LogP contribution >= 0.6 is 0 Å². The number of carbonyl (C=O) groups is 2. The normalized spacial score (nSPS) is 20.2. The quantitative estimate of drug-likeness (QED) is 0.378. The molecule has 3 aromatic carbocycles. The van der Waals surface area contributed by atoms with Crippen LogP contribution in [-0.2, 0) is 0 Å². The predicted octanol–water partition coefficient (Wildman–Crippen LogP) is 5.54. The molecule has 0 saturated carbocycles. The summed E-state index contributed by atoms with van der Waals surface area (Å²) >= 11 is 0. The first kappa shape index (κ1) is 26.8. The molecule has 1 heterocycles. The van der Waals surface area contributed by atoms with Crippen molar-refractivity contribution < 1.29 is 18.4 Å². The number of rotatable bonds is 8. The second-order valence-corrected chi connectivity index (χ2v) is 10.3. The summed E-state index contributed by atoms with van der Waals surface area (Å²) in [6.45, 7) is 6.36. The van der Waals surface area contributed by atoms with Gasteiger partial charge in [-0.25, -0.2) is 8.78 Å². The molecule has 1 aliphatic rings. The first-order valence-electron chi connectivity index (χ1n) is 12.7. The van der Waals surface area contributed by atoms with Gasteiger partial charge in [-0.15, -0.1) is 0 Å². The number of halogens is 2. The van der Waals surface area contributed by atoms with Crippen molar-refractivity contribution in [1.29, 1.82) is 0 Å². The molecule has 0 bridgehead atoms. The molecule has 0 aromatic heterocycles. The second kappa shape index (κ2) is 11.4. The summed E-state index contributed by atoms with van der Waals surface area (Å²) in [6.07, 6.45) is 0. The van der Waals surface area contributed by atoms with Crippen LogP contribution in [0, 0.1) is 37.3 Å². The third-order valence-corrected chi connectivity index (χ3v) is 7.54. The number of nitrogens with zero attached hydrogens (tertiary/aromatic N) is 2. The molecule has 0 amide bonds. The van der Waals surface area contributed by atoms with Gasteiger partial charge in [0.15, 0.2) is 11.6 Å². The van der Waals surface area contributed by atoms with Gasteiger partial charge in [0.05, 0.1) is 0 Å². The molecule has 0 N–H and O–H groups in total. The lowest BCUT2D eigenvalue weighted by molar-refractivity contribution is 0.0558. The fourth-order valence-electron chi connectivity index (χ4n) is 5.43. The SMILES string of the molecule is Cc1cccc(C2C(C(=O)c3cccc(F)c3)CN(CCN(C)C)CC2C(=O)c2cccc(F)c2)c1C. The number of likely N-dealkylation sites (tertiary alicyclic amines) is 1. The van der Waals surface area contributed by atoms with E-state index in [1.165, 1.54) is 36.4 Å². The summed E-state index contributed by atoms with van der Waals surface area (Å²) in [5.74, 6) is -2.87. The Hall–Kier alpha value is -3.22. The van der Waals surface area contributed by atoms with Gasteiger partial charge in [0, 0.05) is 55.1 Å². The van der Waals surface area contributed by atoms with E-state index in [0.29, 0.717) is 30.8 Å². The van der Waals surface area contributed by atoms with Crippen LogP contribution in [0.4, 0.5) is 8.78 Å². The highest BCUT2D eigenvalue weighted by molar-refractivity contribution is 6.02. The van der Waals surface area contributed by atoms with E-state index in [-0.39, 0.29) is 11.6 Å².